The molecule has 0 atom stereocenters. The summed E-state index contributed by atoms with van der Waals surface area (Å²) in [4.78, 5) is 4.84. The van der Waals surface area contributed by atoms with Crippen LogP contribution in [0.2, 0.25) is 19.6 Å². The average Bonchev–Trinajstić information content (AvgIpc) is 3.84. The van der Waals surface area contributed by atoms with E-state index in [1.807, 2.05) is 0 Å². The maximum atomic E-state index is 7.15. The molecule has 0 aliphatic heterocycles. The van der Waals surface area contributed by atoms with Gasteiger partial charge in [0, 0.05) is 76.0 Å². The highest BCUT2D eigenvalue weighted by atomic mass is 28.3. The molecule has 0 saturated heterocycles. The molecule has 17 rings (SSSR count). The second-order valence-electron chi connectivity index (χ2n) is 22.0. The number of anilines is 6. The molecule has 6 heterocycles. The zero-order valence-corrected chi connectivity index (χ0v) is 43.9. The molecule has 6 aromatic heterocycles. The van der Waals surface area contributed by atoms with Crippen molar-refractivity contribution in [3.05, 3.63) is 224 Å². The molecule has 0 aliphatic rings. The fourth-order valence-corrected chi connectivity index (χ4v) is 15.0. The Balaban J connectivity index is 0.937. The first kappa shape index (κ1) is 42.8. The fourth-order valence-electron chi connectivity index (χ4n) is 13.5. The van der Waals surface area contributed by atoms with Crippen LogP contribution in [0.5, 0.6) is 0 Å². The molecule has 0 unspecified atom stereocenters. The Morgan fingerprint density at radius 3 is 1.25 bits per heavy atom. The van der Waals surface area contributed by atoms with E-state index in [0.717, 1.165) is 78.2 Å². The largest absolute Gasteiger partial charge is 0.454 e. The van der Waals surface area contributed by atoms with Crippen LogP contribution in [0.3, 0.4) is 0 Å². The van der Waals surface area contributed by atoms with Gasteiger partial charge in [0.1, 0.15) is 11.2 Å². The number of aromatic nitrogens is 2. The van der Waals surface area contributed by atoms with Crippen molar-refractivity contribution in [1.82, 2.24) is 8.80 Å². The van der Waals surface area contributed by atoms with Gasteiger partial charge in [0.15, 0.2) is 11.2 Å². The zero-order valence-electron chi connectivity index (χ0n) is 42.9. The maximum Gasteiger partial charge on any atom is 0.159 e. The molecule has 0 spiro atoms. The van der Waals surface area contributed by atoms with E-state index in [-0.39, 0.29) is 0 Å². The summed E-state index contributed by atoms with van der Waals surface area (Å²) in [7, 11) is -1.74. The van der Waals surface area contributed by atoms with Crippen LogP contribution in [0.25, 0.3) is 120 Å². The summed E-state index contributed by atoms with van der Waals surface area (Å²) in [5.74, 6) is 0. The number of benzene rings is 11. The van der Waals surface area contributed by atoms with E-state index in [0.29, 0.717) is 0 Å². The fraction of sp³-hybridized carbons (Fsp3) is 0.0571. The number of furan rings is 2. The normalized spacial score (nSPS) is 12.7. The van der Waals surface area contributed by atoms with Crippen LogP contribution < -0.4 is 15.0 Å². The topological polar surface area (TPSA) is 41.6 Å². The minimum Gasteiger partial charge on any atom is -0.454 e. The van der Waals surface area contributed by atoms with Gasteiger partial charge >= 0.3 is 0 Å². The van der Waals surface area contributed by atoms with Gasteiger partial charge in [-0.1, -0.05) is 165 Å². The summed E-state index contributed by atoms with van der Waals surface area (Å²) in [6, 6.07) is 80.2. The van der Waals surface area contributed by atoms with E-state index < -0.39 is 8.07 Å². The number of aryl methyl sites for hydroxylation is 1. The van der Waals surface area contributed by atoms with Crippen LogP contribution in [0.1, 0.15) is 5.56 Å². The van der Waals surface area contributed by atoms with Crippen LogP contribution >= 0.6 is 0 Å². The van der Waals surface area contributed by atoms with Gasteiger partial charge < -0.3 is 27.4 Å². The lowest BCUT2D eigenvalue weighted by Crippen LogP contribution is -2.37. The van der Waals surface area contributed by atoms with Crippen LogP contribution in [-0.2, 0) is 0 Å². The van der Waals surface area contributed by atoms with Crippen LogP contribution in [-0.4, -0.2) is 16.9 Å². The molecule has 364 valence electrons. The number of para-hydroxylation sites is 8. The molecule has 11 aromatic carbocycles. The molecule has 0 amide bonds. The van der Waals surface area contributed by atoms with Crippen molar-refractivity contribution in [3.63, 3.8) is 0 Å². The monoisotopic (exact) mass is 1000 g/mol. The van der Waals surface area contributed by atoms with Gasteiger partial charge in [0.25, 0.3) is 0 Å². The number of nitrogens with zero attached hydrogens (tertiary/aromatic N) is 4. The van der Waals surface area contributed by atoms with E-state index in [9.17, 15) is 0 Å². The molecule has 6 nitrogen and oxygen atoms in total. The summed E-state index contributed by atoms with van der Waals surface area (Å²) in [6.07, 6.45) is 0. The second kappa shape index (κ2) is 15.3. The predicted molar refractivity (Wildman–Crippen MR) is 327 cm³/mol. The molecule has 17 aromatic rings. The molecule has 0 radical (unpaired) electrons. The third-order valence-electron chi connectivity index (χ3n) is 16.8. The third kappa shape index (κ3) is 5.68. The second-order valence-corrected chi connectivity index (χ2v) is 27.1. The number of hydrogen-bond acceptors (Lipinski definition) is 4. The Labute approximate surface area is 443 Å². The summed E-state index contributed by atoms with van der Waals surface area (Å²) in [5.41, 5.74) is 18.4. The molecule has 0 aliphatic carbocycles. The molecule has 0 bridgehead atoms. The van der Waals surface area contributed by atoms with E-state index in [1.54, 1.807) is 0 Å². The highest BCUT2D eigenvalue weighted by Gasteiger charge is 2.31. The number of rotatable bonds is 7. The minimum atomic E-state index is -1.74. The van der Waals surface area contributed by atoms with E-state index in [1.165, 1.54) is 86.8 Å². The molecule has 0 saturated carbocycles. The Bertz CT molecular complexity index is 5290. The molecule has 77 heavy (non-hydrogen) atoms. The minimum absolute atomic E-state index is 0.873. The van der Waals surface area contributed by atoms with Gasteiger partial charge in [-0.05, 0) is 90.5 Å². The first-order chi connectivity index (χ1) is 37.8. The van der Waals surface area contributed by atoms with Crippen molar-refractivity contribution in [2.75, 3.05) is 9.80 Å². The van der Waals surface area contributed by atoms with E-state index >= 15 is 0 Å². The van der Waals surface area contributed by atoms with Gasteiger partial charge in [-0.3, -0.25) is 0 Å². The van der Waals surface area contributed by atoms with Gasteiger partial charge in [-0.15, -0.1) is 0 Å². The van der Waals surface area contributed by atoms with Gasteiger partial charge in [-0.2, -0.15) is 0 Å². The van der Waals surface area contributed by atoms with Crippen molar-refractivity contribution in [3.8, 4) is 0 Å². The number of hydrogen-bond donors (Lipinski definition) is 0. The molecular formula is C70H48N4O2Si. The first-order valence-corrected chi connectivity index (χ1v) is 30.2. The highest BCUT2D eigenvalue weighted by molar-refractivity contribution is 6.90. The van der Waals surface area contributed by atoms with Crippen molar-refractivity contribution in [1.29, 1.82) is 0 Å². The maximum absolute atomic E-state index is 7.15. The molecule has 0 fully saturated rings. The van der Waals surface area contributed by atoms with E-state index in [4.69, 9.17) is 8.83 Å². The van der Waals surface area contributed by atoms with Crippen molar-refractivity contribution in [2.24, 2.45) is 0 Å². The Morgan fingerprint density at radius 2 is 0.740 bits per heavy atom. The van der Waals surface area contributed by atoms with Gasteiger partial charge in [0.05, 0.1) is 63.9 Å². The summed E-state index contributed by atoms with van der Waals surface area (Å²) in [6.45, 7) is 9.33. The Kier molecular flexibility index (Phi) is 8.49. The SMILES string of the molecule is Cc1cccc2c1oc1c(N(c3ccccc3)c3ccc4c5cc6c(cc5n5c7ccccc7c3c45)c3ccc(N(c4ccccc4)c4cccc5c4oc4c([Si](C)(C)C)cccc45)c4c5ccccc5n6c34)cccc12. The van der Waals surface area contributed by atoms with Crippen molar-refractivity contribution in [2.45, 2.75) is 26.6 Å². The van der Waals surface area contributed by atoms with Gasteiger partial charge in [-0.25, -0.2) is 0 Å². The number of fused-ring (bicyclic) bond motifs is 18. The predicted octanol–water partition coefficient (Wildman–Crippen LogP) is 19.6. The zero-order chi connectivity index (χ0) is 51.0. The lowest BCUT2D eigenvalue weighted by atomic mass is 10.0. The summed E-state index contributed by atoms with van der Waals surface area (Å²) < 4.78 is 19.1. The Hall–Kier alpha value is -9.56. The average molecular weight is 1010 g/mol. The summed E-state index contributed by atoms with van der Waals surface area (Å²) in [5, 5.41) is 15.6. The van der Waals surface area contributed by atoms with Crippen LogP contribution in [0.15, 0.2) is 227 Å². The van der Waals surface area contributed by atoms with E-state index in [2.05, 4.69) is 264 Å². The standard InChI is InChI=1S/C70H48N4O2Si/c1-41-19-15-26-46-47-27-16-32-58(68(47)75-67(41)46)71(42-20-7-5-8-21-42)56-37-35-44-52-39-61-53(40-60(52)73-54-30-13-11-24-50(54)63(56)65(44)73)45-36-38-57(64-51-25-12-14-31-55(51)74(61)66(45)64)72(43-22-9-6-10-23-43)59-33-17-28-48-49-29-18-34-62(77(2,3)4)70(49)76-69(48)59/h5-40H,1-4H3. The molecular weight excluding hydrogens is 957 g/mol. The highest BCUT2D eigenvalue weighted by Crippen LogP contribution is 2.53. The van der Waals surface area contributed by atoms with Crippen molar-refractivity contribution < 1.29 is 8.83 Å². The summed E-state index contributed by atoms with van der Waals surface area (Å²) >= 11 is 0. The molecule has 7 heteroatoms. The van der Waals surface area contributed by atoms with Crippen LogP contribution in [0.4, 0.5) is 34.1 Å². The smallest absolute Gasteiger partial charge is 0.159 e. The first-order valence-electron chi connectivity index (χ1n) is 26.7. The molecule has 0 N–H and O–H groups in total. The Morgan fingerprint density at radius 1 is 0.325 bits per heavy atom. The van der Waals surface area contributed by atoms with Gasteiger partial charge in [0.2, 0.25) is 0 Å². The lowest BCUT2D eigenvalue weighted by Gasteiger charge is -2.26. The van der Waals surface area contributed by atoms with Crippen molar-refractivity contribution >= 4 is 167 Å². The third-order valence-corrected chi connectivity index (χ3v) is 18.8. The van der Waals surface area contributed by atoms with Crippen LogP contribution in [0, 0.1) is 6.92 Å². The quantitative estimate of drug-likeness (QED) is 0.149. The lowest BCUT2D eigenvalue weighted by molar-refractivity contribution is 0.666.